The number of carbonyl (C=O) groups is 1. The highest BCUT2D eigenvalue weighted by Gasteiger charge is 2.50. The molecule has 0 aromatic heterocycles. The van der Waals surface area contributed by atoms with Crippen LogP contribution in [0.25, 0.3) is 0 Å². The summed E-state index contributed by atoms with van der Waals surface area (Å²) >= 11 is 3.54. The molecular weight excluding hydrogens is 404 g/mol. The second-order valence-corrected chi connectivity index (χ2v) is 8.97. The fourth-order valence-corrected chi connectivity index (χ4v) is 5.99. The second kappa shape index (κ2) is 7.45. The van der Waals surface area contributed by atoms with Crippen molar-refractivity contribution in [3.05, 3.63) is 28.2 Å². The molecule has 5 rings (SSSR count). The Kier molecular flexibility index (Phi) is 5.66. The van der Waals surface area contributed by atoms with Crippen molar-refractivity contribution in [3.63, 3.8) is 0 Å². The van der Waals surface area contributed by atoms with Crippen LogP contribution in [0.15, 0.2) is 22.7 Å². The van der Waals surface area contributed by atoms with Crippen molar-refractivity contribution < 1.29 is 9.53 Å². The Bertz CT molecular complexity index is 617. The van der Waals surface area contributed by atoms with Crippen LogP contribution in [-0.2, 0) is 11.3 Å². The Morgan fingerprint density at radius 3 is 2.36 bits per heavy atom. The summed E-state index contributed by atoms with van der Waals surface area (Å²) in [5.41, 5.74) is 6.61. The fraction of sp³-hybridized carbons (Fsp3) is 0.632. The van der Waals surface area contributed by atoms with Gasteiger partial charge in [-0.15, -0.1) is 12.4 Å². The van der Waals surface area contributed by atoms with E-state index in [9.17, 15) is 4.79 Å². The van der Waals surface area contributed by atoms with Crippen LogP contribution in [0.5, 0.6) is 5.75 Å². The molecule has 4 nitrogen and oxygen atoms in total. The molecule has 0 aliphatic heterocycles. The molecule has 0 unspecified atom stereocenters. The van der Waals surface area contributed by atoms with Gasteiger partial charge in [0.05, 0.1) is 0 Å². The first kappa shape index (κ1) is 19.0. The van der Waals surface area contributed by atoms with E-state index in [2.05, 4.69) is 27.3 Å². The Balaban J connectivity index is 0.00000182. The summed E-state index contributed by atoms with van der Waals surface area (Å²) in [6.45, 7) is 0.700. The highest BCUT2D eigenvalue weighted by Crippen LogP contribution is 2.55. The van der Waals surface area contributed by atoms with Gasteiger partial charge in [0.15, 0.2) is 6.61 Å². The summed E-state index contributed by atoms with van der Waals surface area (Å²) in [4.78, 5) is 11.0. The number of carbonyl (C=O) groups excluding carboxylic acids is 1. The van der Waals surface area contributed by atoms with E-state index in [0.717, 1.165) is 40.1 Å². The molecule has 1 aromatic rings. The van der Waals surface area contributed by atoms with E-state index in [1.807, 2.05) is 12.1 Å². The lowest BCUT2D eigenvalue weighted by Gasteiger charge is -2.57. The van der Waals surface area contributed by atoms with Crippen LogP contribution in [0.4, 0.5) is 0 Å². The molecule has 3 N–H and O–H groups in total. The quantitative estimate of drug-likeness (QED) is 0.723. The molecule has 4 aliphatic carbocycles. The SMILES string of the molecule is Cl.NC(=O)COc1ccc(Br)cc1CNC12CC3CC(CC(C3)C1)C2. The molecule has 138 valence electrons. The largest absolute Gasteiger partial charge is 0.483 e. The number of benzene rings is 1. The van der Waals surface area contributed by atoms with Crippen molar-refractivity contribution in [2.45, 2.75) is 50.6 Å². The number of primary amides is 1. The molecule has 4 saturated carbocycles. The van der Waals surface area contributed by atoms with Gasteiger partial charge >= 0.3 is 0 Å². The molecule has 0 atom stereocenters. The van der Waals surface area contributed by atoms with Gasteiger partial charge in [0.1, 0.15) is 5.75 Å². The molecule has 0 saturated heterocycles. The lowest BCUT2D eigenvalue weighted by atomic mass is 9.53. The Morgan fingerprint density at radius 1 is 1.20 bits per heavy atom. The third kappa shape index (κ3) is 4.15. The van der Waals surface area contributed by atoms with Gasteiger partial charge in [0.2, 0.25) is 0 Å². The average Bonchev–Trinajstić information content (AvgIpc) is 2.50. The summed E-state index contributed by atoms with van der Waals surface area (Å²) in [6, 6.07) is 5.91. The zero-order valence-corrected chi connectivity index (χ0v) is 16.7. The van der Waals surface area contributed by atoms with Crippen molar-refractivity contribution in [2.24, 2.45) is 23.5 Å². The van der Waals surface area contributed by atoms with Crippen molar-refractivity contribution in [3.8, 4) is 5.75 Å². The molecule has 1 amide bonds. The molecule has 0 heterocycles. The normalized spacial score (nSPS) is 32.3. The van der Waals surface area contributed by atoms with Crippen LogP contribution in [0.3, 0.4) is 0 Å². The monoisotopic (exact) mass is 428 g/mol. The fourth-order valence-electron chi connectivity index (χ4n) is 5.59. The number of ether oxygens (including phenoxy) is 1. The predicted molar refractivity (Wildman–Crippen MR) is 104 cm³/mol. The first-order chi connectivity index (χ1) is 11.5. The van der Waals surface area contributed by atoms with Gasteiger partial charge < -0.3 is 15.8 Å². The van der Waals surface area contributed by atoms with E-state index in [4.69, 9.17) is 10.5 Å². The molecular formula is C19H26BrClN2O2. The molecule has 25 heavy (non-hydrogen) atoms. The minimum Gasteiger partial charge on any atom is -0.483 e. The zero-order chi connectivity index (χ0) is 16.7. The van der Waals surface area contributed by atoms with Crippen molar-refractivity contribution in [2.75, 3.05) is 6.61 Å². The molecule has 0 radical (unpaired) electrons. The second-order valence-electron chi connectivity index (χ2n) is 8.06. The maximum absolute atomic E-state index is 11.0. The topological polar surface area (TPSA) is 64.4 Å². The summed E-state index contributed by atoms with van der Waals surface area (Å²) in [5.74, 6) is 3.08. The average molecular weight is 430 g/mol. The van der Waals surface area contributed by atoms with Gasteiger partial charge in [-0.2, -0.15) is 0 Å². The number of rotatable bonds is 6. The predicted octanol–water partition coefficient (Wildman–Crippen LogP) is 3.79. The number of hydrogen-bond acceptors (Lipinski definition) is 3. The van der Waals surface area contributed by atoms with E-state index in [-0.39, 0.29) is 19.0 Å². The summed E-state index contributed by atoms with van der Waals surface area (Å²) in [5, 5.41) is 3.88. The van der Waals surface area contributed by atoms with Crippen LogP contribution >= 0.6 is 28.3 Å². The zero-order valence-electron chi connectivity index (χ0n) is 14.3. The third-order valence-electron chi connectivity index (χ3n) is 6.08. The standard InChI is InChI=1S/C19H25BrN2O2.ClH/c20-16-1-2-17(24-11-18(21)23)15(6-16)10-22-19-7-12-3-13(8-19)5-14(4-12)9-19;/h1-2,6,12-14,22H,3-5,7-11H2,(H2,21,23);1H. The maximum atomic E-state index is 11.0. The summed E-state index contributed by atoms with van der Waals surface area (Å²) in [6.07, 6.45) is 8.32. The number of nitrogens with one attached hydrogen (secondary N) is 1. The Morgan fingerprint density at radius 2 is 1.80 bits per heavy atom. The third-order valence-corrected chi connectivity index (χ3v) is 6.58. The van der Waals surface area contributed by atoms with E-state index < -0.39 is 5.91 Å². The summed E-state index contributed by atoms with van der Waals surface area (Å²) < 4.78 is 6.61. The van der Waals surface area contributed by atoms with E-state index in [1.54, 1.807) is 0 Å². The van der Waals surface area contributed by atoms with Crippen LogP contribution in [0.2, 0.25) is 0 Å². The minimum atomic E-state index is -0.446. The molecule has 4 bridgehead atoms. The first-order valence-corrected chi connectivity index (χ1v) is 9.75. The number of amides is 1. The van der Waals surface area contributed by atoms with Gasteiger partial charge in [0.25, 0.3) is 5.91 Å². The number of nitrogens with two attached hydrogens (primary N) is 1. The van der Waals surface area contributed by atoms with Crippen LogP contribution in [-0.4, -0.2) is 18.1 Å². The Hall–Kier alpha value is -0.780. The lowest BCUT2D eigenvalue weighted by molar-refractivity contribution is -0.119. The van der Waals surface area contributed by atoms with Crippen molar-refractivity contribution >= 4 is 34.2 Å². The minimum absolute atomic E-state index is 0. The van der Waals surface area contributed by atoms with Gasteiger partial charge in [-0.25, -0.2) is 0 Å². The molecule has 0 spiro atoms. The van der Waals surface area contributed by atoms with Crippen LogP contribution in [0, 0.1) is 17.8 Å². The molecule has 1 aromatic carbocycles. The van der Waals surface area contributed by atoms with E-state index in [1.165, 1.54) is 38.5 Å². The van der Waals surface area contributed by atoms with Gasteiger partial charge in [0, 0.05) is 22.1 Å². The van der Waals surface area contributed by atoms with Gasteiger partial charge in [-0.1, -0.05) is 15.9 Å². The molecule has 4 fully saturated rings. The van der Waals surface area contributed by atoms with Crippen molar-refractivity contribution in [1.29, 1.82) is 0 Å². The van der Waals surface area contributed by atoms with Gasteiger partial charge in [-0.3, -0.25) is 4.79 Å². The van der Waals surface area contributed by atoms with E-state index in [0.29, 0.717) is 5.54 Å². The number of halogens is 2. The van der Waals surface area contributed by atoms with E-state index >= 15 is 0 Å². The van der Waals surface area contributed by atoms with Crippen LogP contribution in [0.1, 0.15) is 44.1 Å². The maximum Gasteiger partial charge on any atom is 0.255 e. The van der Waals surface area contributed by atoms with Crippen molar-refractivity contribution in [1.82, 2.24) is 5.32 Å². The summed E-state index contributed by atoms with van der Waals surface area (Å²) in [7, 11) is 0. The lowest BCUT2D eigenvalue weighted by Crippen LogP contribution is -2.58. The van der Waals surface area contributed by atoms with Gasteiger partial charge in [-0.05, 0) is 74.5 Å². The highest BCUT2D eigenvalue weighted by molar-refractivity contribution is 9.10. The molecule has 4 aliphatic rings. The highest BCUT2D eigenvalue weighted by atomic mass is 79.9. The van der Waals surface area contributed by atoms with Crippen LogP contribution < -0.4 is 15.8 Å². The number of hydrogen-bond donors (Lipinski definition) is 2. The smallest absolute Gasteiger partial charge is 0.255 e. The Labute approximate surface area is 163 Å². The first-order valence-electron chi connectivity index (χ1n) is 8.96. The molecule has 6 heteroatoms.